The third-order valence-electron chi connectivity index (χ3n) is 3.30. The van der Waals surface area contributed by atoms with Crippen molar-refractivity contribution >= 4 is 0 Å². The van der Waals surface area contributed by atoms with Gasteiger partial charge in [-0.1, -0.05) is 5.11 Å². The minimum Gasteiger partial charge on any atom is -0.393 e. The summed E-state index contributed by atoms with van der Waals surface area (Å²) >= 11 is 0. The molecule has 0 unspecified atom stereocenters. The van der Waals surface area contributed by atoms with Crippen LogP contribution in [0.1, 0.15) is 6.23 Å². The maximum absolute atomic E-state index is 13.2. The summed E-state index contributed by atoms with van der Waals surface area (Å²) < 4.78 is 19.3. The van der Waals surface area contributed by atoms with Crippen LogP contribution in [0.4, 0.5) is 4.39 Å². The fraction of sp³-hybridized carbons (Fsp3) is 0.600. The minimum atomic E-state index is -2.09. The van der Waals surface area contributed by atoms with Gasteiger partial charge in [0.1, 0.15) is 12.3 Å². The Labute approximate surface area is 116 Å². The predicted molar refractivity (Wildman–Crippen MR) is 65.9 cm³/mol. The zero-order valence-electron chi connectivity index (χ0n) is 10.6. The molecule has 0 aliphatic carbocycles. The SMILES string of the molecule is [N-]=[N+]=N[C@]1(CO)O[C@@H](n2ccc(=O)[nH]c2=O)[C@@H](CF)[C@@H]1O. The second-order valence-electron chi connectivity index (χ2n) is 4.48. The Morgan fingerprint density at radius 3 is 2.86 bits per heavy atom. The van der Waals surface area contributed by atoms with Gasteiger partial charge >= 0.3 is 5.69 Å². The van der Waals surface area contributed by atoms with Gasteiger partial charge in [-0.2, -0.15) is 0 Å². The summed E-state index contributed by atoms with van der Waals surface area (Å²) in [6.45, 7) is -2.00. The Morgan fingerprint density at radius 2 is 2.33 bits per heavy atom. The van der Waals surface area contributed by atoms with Crippen molar-refractivity contribution in [3.8, 4) is 0 Å². The molecular weight excluding hydrogens is 289 g/mol. The van der Waals surface area contributed by atoms with Gasteiger partial charge in [0.15, 0.2) is 5.72 Å². The molecule has 1 aromatic rings. The van der Waals surface area contributed by atoms with Gasteiger partial charge in [-0.3, -0.25) is 18.7 Å². The van der Waals surface area contributed by atoms with E-state index in [9.17, 15) is 24.2 Å². The lowest BCUT2D eigenvalue weighted by molar-refractivity contribution is -0.124. The highest BCUT2D eigenvalue weighted by molar-refractivity contribution is 5.00. The van der Waals surface area contributed by atoms with E-state index in [0.717, 1.165) is 16.8 Å². The predicted octanol–water partition coefficient (Wildman–Crippen LogP) is -0.989. The van der Waals surface area contributed by atoms with E-state index in [0.29, 0.717) is 0 Å². The van der Waals surface area contributed by atoms with Gasteiger partial charge in [-0.15, -0.1) is 0 Å². The van der Waals surface area contributed by atoms with Crippen LogP contribution < -0.4 is 11.2 Å². The second kappa shape index (κ2) is 5.66. The Balaban J connectivity index is 2.51. The summed E-state index contributed by atoms with van der Waals surface area (Å²) in [5.74, 6) is -1.26. The van der Waals surface area contributed by atoms with E-state index in [-0.39, 0.29) is 0 Å². The molecule has 3 N–H and O–H groups in total. The number of aliphatic hydroxyl groups excluding tert-OH is 2. The number of ether oxygens (including phenoxy) is 1. The standard InChI is InChI=1S/C10H12FN5O5/c11-3-5-7(19)10(4-17,14-15-12)21-8(5)16-2-1-6(18)13-9(16)20/h1-2,5,7-8,17,19H,3-4H2,(H,13,18,20)/t5-,7-,8+,10+/m0/s1. The van der Waals surface area contributed by atoms with E-state index in [1.165, 1.54) is 0 Å². The van der Waals surface area contributed by atoms with E-state index >= 15 is 0 Å². The number of aliphatic hydroxyl groups is 2. The van der Waals surface area contributed by atoms with Crippen molar-refractivity contribution in [1.82, 2.24) is 9.55 Å². The first-order valence-corrected chi connectivity index (χ1v) is 5.89. The van der Waals surface area contributed by atoms with E-state index in [1.807, 2.05) is 4.98 Å². The maximum Gasteiger partial charge on any atom is 0.330 e. The Hall–Kier alpha value is -2.20. The lowest BCUT2D eigenvalue weighted by atomic mass is 9.97. The lowest BCUT2D eigenvalue weighted by Crippen LogP contribution is -2.43. The quantitative estimate of drug-likeness (QED) is 0.370. The highest BCUT2D eigenvalue weighted by Crippen LogP contribution is 2.41. The van der Waals surface area contributed by atoms with Gasteiger partial charge in [-0.05, 0) is 5.53 Å². The number of hydrogen-bond donors (Lipinski definition) is 3. The number of rotatable bonds is 4. The van der Waals surface area contributed by atoms with E-state index in [4.69, 9.17) is 10.3 Å². The van der Waals surface area contributed by atoms with Crippen molar-refractivity contribution in [3.05, 3.63) is 43.5 Å². The van der Waals surface area contributed by atoms with Crippen LogP contribution in [0.5, 0.6) is 0 Å². The normalized spacial score (nSPS) is 31.9. The number of aromatic amines is 1. The largest absolute Gasteiger partial charge is 0.393 e. The first kappa shape index (κ1) is 15.2. The van der Waals surface area contributed by atoms with Crippen LogP contribution in [-0.4, -0.2) is 44.9 Å². The number of azide groups is 1. The smallest absolute Gasteiger partial charge is 0.330 e. The molecule has 1 aromatic heterocycles. The topological polar surface area (TPSA) is 153 Å². The molecule has 1 aliphatic rings. The molecule has 4 atom stereocenters. The number of halogens is 1. The van der Waals surface area contributed by atoms with Gasteiger partial charge < -0.3 is 14.9 Å². The maximum atomic E-state index is 13.2. The highest BCUT2D eigenvalue weighted by Gasteiger charge is 2.55. The summed E-state index contributed by atoms with van der Waals surface area (Å²) in [4.78, 5) is 27.1. The highest BCUT2D eigenvalue weighted by atomic mass is 19.1. The third-order valence-corrected chi connectivity index (χ3v) is 3.30. The van der Waals surface area contributed by atoms with Crippen LogP contribution in [-0.2, 0) is 4.74 Å². The zero-order valence-corrected chi connectivity index (χ0v) is 10.6. The van der Waals surface area contributed by atoms with Crippen molar-refractivity contribution in [2.45, 2.75) is 18.1 Å². The van der Waals surface area contributed by atoms with Crippen LogP contribution >= 0.6 is 0 Å². The zero-order chi connectivity index (χ0) is 15.6. The van der Waals surface area contributed by atoms with Crippen LogP contribution in [0.2, 0.25) is 0 Å². The molecule has 114 valence electrons. The van der Waals surface area contributed by atoms with Crippen LogP contribution in [0.25, 0.3) is 10.4 Å². The molecular formula is C10H12FN5O5. The Bertz CT molecular complexity index is 683. The van der Waals surface area contributed by atoms with Gasteiger partial charge in [-0.25, -0.2) is 4.79 Å². The number of nitrogens with zero attached hydrogens (tertiary/aromatic N) is 4. The molecule has 11 heteroatoms. The fourth-order valence-corrected chi connectivity index (χ4v) is 2.23. The minimum absolute atomic E-state index is 0.657. The summed E-state index contributed by atoms with van der Waals surface area (Å²) in [5.41, 5.74) is 4.86. The van der Waals surface area contributed by atoms with E-state index in [2.05, 4.69) is 10.0 Å². The van der Waals surface area contributed by atoms with Crippen LogP contribution in [0, 0.1) is 5.92 Å². The molecule has 1 fully saturated rings. The van der Waals surface area contributed by atoms with Crippen molar-refractivity contribution in [2.24, 2.45) is 11.0 Å². The van der Waals surface area contributed by atoms with Gasteiger partial charge in [0.05, 0.1) is 19.2 Å². The van der Waals surface area contributed by atoms with Crippen molar-refractivity contribution in [2.75, 3.05) is 13.3 Å². The molecule has 0 bridgehead atoms. The molecule has 0 spiro atoms. The summed E-state index contributed by atoms with van der Waals surface area (Å²) in [6.07, 6.45) is -1.94. The number of alkyl halides is 1. The first-order valence-electron chi connectivity index (χ1n) is 5.89. The fourth-order valence-electron chi connectivity index (χ4n) is 2.23. The molecule has 2 heterocycles. The van der Waals surface area contributed by atoms with Gasteiger partial charge in [0.2, 0.25) is 0 Å². The molecule has 21 heavy (non-hydrogen) atoms. The molecule has 10 nitrogen and oxygen atoms in total. The Morgan fingerprint density at radius 1 is 1.62 bits per heavy atom. The van der Waals surface area contributed by atoms with Gasteiger partial charge in [0.25, 0.3) is 5.56 Å². The second-order valence-corrected chi connectivity index (χ2v) is 4.48. The number of H-pyrrole nitrogens is 1. The molecule has 1 saturated heterocycles. The van der Waals surface area contributed by atoms with E-state index in [1.54, 1.807) is 0 Å². The average Bonchev–Trinajstić information content (AvgIpc) is 2.72. The molecule has 0 amide bonds. The van der Waals surface area contributed by atoms with Crippen molar-refractivity contribution in [3.63, 3.8) is 0 Å². The first-order chi connectivity index (χ1) is 9.99. The monoisotopic (exact) mass is 301 g/mol. The lowest BCUT2D eigenvalue weighted by Gasteiger charge is -2.24. The number of hydrogen-bond acceptors (Lipinski definition) is 6. The van der Waals surface area contributed by atoms with E-state index < -0.39 is 48.5 Å². The molecule has 1 aliphatic heterocycles. The summed E-state index contributed by atoms with van der Waals surface area (Å²) in [7, 11) is 0. The molecule has 0 aromatic carbocycles. The van der Waals surface area contributed by atoms with Crippen molar-refractivity contribution < 1.29 is 19.3 Å². The molecule has 0 radical (unpaired) electrons. The average molecular weight is 301 g/mol. The summed E-state index contributed by atoms with van der Waals surface area (Å²) in [5, 5.41) is 22.5. The Kier molecular flexibility index (Phi) is 4.09. The third kappa shape index (κ3) is 2.43. The summed E-state index contributed by atoms with van der Waals surface area (Å²) in [6, 6.07) is 1.01. The number of aromatic nitrogens is 2. The van der Waals surface area contributed by atoms with Gasteiger partial charge in [0, 0.05) is 17.2 Å². The molecule has 0 saturated carbocycles. The number of nitrogens with one attached hydrogen (secondary N) is 1. The van der Waals surface area contributed by atoms with Crippen molar-refractivity contribution in [1.29, 1.82) is 0 Å². The molecule has 2 rings (SSSR count). The van der Waals surface area contributed by atoms with Crippen LogP contribution in [0.3, 0.4) is 0 Å². The van der Waals surface area contributed by atoms with Crippen LogP contribution in [0.15, 0.2) is 27.0 Å².